The lowest BCUT2D eigenvalue weighted by Gasteiger charge is -2.20. The molecule has 3 rings (SSSR count). The number of carboxylic acid groups (broad SMARTS) is 1. The number of benzene rings is 2. The Hall–Kier alpha value is -3.51. The molecule has 16 heteroatoms. The van der Waals surface area contributed by atoms with E-state index in [1.54, 1.807) is 12.1 Å². The van der Waals surface area contributed by atoms with Gasteiger partial charge in [-0.25, -0.2) is 9.78 Å². The molecule has 0 amide bonds. The summed E-state index contributed by atoms with van der Waals surface area (Å²) in [7, 11) is 0. The van der Waals surface area contributed by atoms with Crippen molar-refractivity contribution in [3.8, 4) is 11.8 Å². The van der Waals surface area contributed by atoms with Gasteiger partial charge in [-0.15, -0.1) is 0 Å². The fourth-order valence-electron chi connectivity index (χ4n) is 3.03. The second kappa shape index (κ2) is 16.4. The SMILES string of the molecule is CCC(C)Nc1c([N+](=O)[O-])cc(C(C)(C)C)cc1[N+](=O)[O-].N#Cc1cc(Br)c(O)c(Br)c1.O=C(O)c1nc(Cl)ccc1Cl. The number of phenols is 1. The van der Waals surface area contributed by atoms with Gasteiger partial charge in [-0.2, -0.15) is 5.26 Å². The van der Waals surface area contributed by atoms with Crippen LogP contribution in [0.3, 0.4) is 0 Å². The smallest absolute Gasteiger partial charge is 0.356 e. The summed E-state index contributed by atoms with van der Waals surface area (Å²) in [4.78, 5) is 35.3. The summed E-state index contributed by atoms with van der Waals surface area (Å²) in [5.41, 5.74) is -0.0998. The minimum Gasteiger partial charge on any atom is -0.506 e. The van der Waals surface area contributed by atoms with Crippen molar-refractivity contribution in [1.29, 1.82) is 5.26 Å². The molecule has 3 aromatic rings. The number of nitrogens with zero attached hydrogens (tertiary/aromatic N) is 4. The van der Waals surface area contributed by atoms with Gasteiger partial charge in [0.2, 0.25) is 0 Å². The van der Waals surface area contributed by atoms with Crippen molar-refractivity contribution in [1.82, 2.24) is 4.98 Å². The highest BCUT2D eigenvalue weighted by atomic mass is 79.9. The number of hydrogen-bond acceptors (Lipinski definition) is 9. The van der Waals surface area contributed by atoms with E-state index in [4.69, 9.17) is 33.6 Å². The number of aromatic nitrogens is 1. The number of pyridine rings is 1. The monoisotopic (exact) mass is 761 g/mol. The largest absolute Gasteiger partial charge is 0.506 e. The third-order valence-electron chi connectivity index (χ3n) is 5.52. The summed E-state index contributed by atoms with van der Waals surface area (Å²) >= 11 is 17.1. The van der Waals surface area contributed by atoms with Crippen molar-refractivity contribution in [2.45, 2.75) is 52.5 Å². The van der Waals surface area contributed by atoms with Gasteiger partial charge in [-0.3, -0.25) is 20.2 Å². The van der Waals surface area contributed by atoms with Gasteiger partial charge in [0.1, 0.15) is 10.9 Å². The zero-order valence-electron chi connectivity index (χ0n) is 23.5. The number of rotatable bonds is 6. The van der Waals surface area contributed by atoms with Crippen LogP contribution in [0.15, 0.2) is 45.3 Å². The Kier molecular flexibility index (Phi) is 14.3. The quantitative estimate of drug-likeness (QED) is 0.124. The van der Waals surface area contributed by atoms with Crippen LogP contribution in [0.4, 0.5) is 17.1 Å². The van der Waals surface area contributed by atoms with Crippen LogP contribution in [0, 0.1) is 31.6 Å². The van der Waals surface area contributed by atoms with Crippen LogP contribution >= 0.6 is 55.1 Å². The van der Waals surface area contributed by atoms with Crippen molar-refractivity contribution in [3.05, 3.63) is 92.6 Å². The highest BCUT2D eigenvalue weighted by molar-refractivity contribution is 9.11. The number of halogens is 4. The minimum atomic E-state index is -1.18. The number of nitriles is 1. The Morgan fingerprint density at radius 2 is 1.58 bits per heavy atom. The van der Waals surface area contributed by atoms with Crippen LogP contribution in [0.5, 0.6) is 5.75 Å². The molecule has 1 atom stereocenters. The van der Waals surface area contributed by atoms with E-state index in [1.165, 1.54) is 24.3 Å². The van der Waals surface area contributed by atoms with Gasteiger partial charge < -0.3 is 15.5 Å². The maximum Gasteiger partial charge on any atom is 0.356 e. The van der Waals surface area contributed by atoms with Crippen molar-refractivity contribution >= 4 is 78.1 Å². The summed E-state index contributed by atoms with van der Waals surface area (Å²) in [5.74, 6) is -1.07. The second-order valence-corrected chi connectivity index (χ2v) is 12.3. The predicted molar refractivity (Wildman–Crippen MR) is 171 cm³/mol. The van der Waals surface area contributed by atoms with E-state index < -0.39 is 21.2 Å². The topological polar surface area (TPSA) is 193 Å². The number of anilines is 1. The summed E-state index contributed by atoms with van der Waals surface area (Å²) in [6, 6.07) is 10.6. The predicted octanol–water partition coefficient (Wildman–Crippen LogP) is 8.89. The third kappa shape index (κ3) is 11.3. The fraction of sp³-hybridized carbons (Fsp3) is 0.296. The van der Waals surface area contributed by atoms with Crippen LogP contribution in [-0.2, 0) is 5.41 Å². The zero-order chi connectivity index (χ0) is 33.2. The number of hydrogen-bond donors (Lipinski definition) is 3. The molecule has 43 heavy (non-hydrogen) atoms. The number of nitrogens with one attached hydrogen (secondary N) is 1. The van der Waals surface area contributed by atoms with Crippen LogP contribution in [-0.4, -0.2) is 37.1 Å². The second-order valence-electron chi connectivity index (χ2n) is 9.78. The molecule has 1 unspecified atom stereocenters. The lowest BCUT2D eigenvalue weighted by molar-refractivity contribution is -0.392. The van der Waals surface area contributed by atoms with Gasteiger partial charge in [-0.1, -0.05) is 50.9 Å². The molecule has 0 bridgehead atoms. The van der Waals surface area contributed by atoms with E-state index in [9.17, 15) is 30.1 Å². The van der Waals surface area contributed by atoms with Crippen LogP contribution < -0.4 is 5.32 Å². The number of nitro groups is 2. The molecule has 12 nitrogen and oxygen atoms in total. The molecule has 0 spiro atoms. The van der Waals surface area contributed by atoms with Crippen LogP contribution in [0.1, 0.15) is 62.7 Å². The molecule has 230 valence electrons. The standard InChI is InChI=1S/C14H21N3O4.C7H3Br2NO.C6H3Cl2NO2/c1-6-9(2)15-13-11(16(18)19)7-10(14(3,4)5)8-12(13)17(20)21;8-5-1-4(3-10)2-6(9)7(5)11;7-3-1-2-4(8)9-5(3)6(10)11/h7-9,15H,6H2,1-5H3;1-2,11H;1-2H,(H,10,11). The molecule has 0 aliphatic carbocycles. The van der Waals surface area contributed by atoms with Crippen molar-refractivity contribution in [2.24, 2.45) is 0 Å². The highest BCUT2D eigenvalue weighted by Crippen LogP contribution is 2.39. The lowest BCUT2D eigenvalue weighted by atomic mass is 9.86. The van der Waals surface area contributed by atoms with Gasteiger partial charge in [0.05, 0.1) is 35.4 Å². The molecule has 0 saturated heterocycles. The number of nitro benzene ring substituents is 2. The molecule has 1 aromatic heterocycles. The maximum absolute atomic E-state index is 11.3. The molecule has 0 aliphatic rings. The molecular formula is C27H27Br2Cl2N5O7. The van der Waals surface area contributed by atoms with Gasteiger partial charge in [0.25, 0.3) is 11.4 Å². The molecule has 1 heterocycles. The highest BCUT2D eigenvalue weighted by Gasteiger charge is 2.30. The average molecular weight is 764 g/mol. The molecule has 3 N–H and O–H groups in total. The van der Waals surface area contributed by atoms with E-state index in [0.29, 0.717) is 26.5 Å². The minimum absolute atomic E-state index is 0.0210. The number of aromatic hydroxyl groups is 1. The van der Waals surface area contributed by atoms with Crippen LogP contribution in [0.2, 0.25) is 10.2 Å². The van der Waals surface area contributed by atoms with Gasteiger partial charge in [-0.05, 0) is 80.4 Å². The maximum atomic E-state index is 11.3. The molecule has 0 radical (unpaired) electrons. The van der Waals surface area contributed by atoms with Crippen molar-refractivity contribution in [2.75, 3.05) is 5.32 Å². The number of carboxylic acids is 1. The summed E-state index contributed by atoms with van der Waals surface area (Å²) in [5, 5.41) is 51.9. The van der Waals surface area contributed by atoms with Gasteiger partial charge in [0.15, 0.2) is 11.4 Å². The zero-order valence-corrected chi connectivity index (χ0v) is 28.2. The van der Waals surface area contributed by atoms with Crippen LogP contribution in [0.25, 0.3) is 0 Å². The fourth-order valence-corrected chi connectivity index (χ4v) is 4.55. The normalized spacial score (nSPS) is 11.1. The van der Waals surface area contributed by atoms with E-state index in [0.717, 1.165) is 0 Å². The third-order valence-corrected chi connectivity index (χ3v) is 7.24. The first kappa shape index (κ1) is 37.5. The Bertz CT molecular complexity index is 1500. The average Bonchev–Trinajstić information content (AvgIpc) is 2.92. The molecule has 0 saturated carbocycles. The first-order valence-electron chi connectivity index (χ1n) is 12.2. The number of carbonyl (C=O) groups is 1. The Balaban J connectivity index is 0.000000353. The van der Waals surface area contributed by atoms with E-state index >= 15 is 0 Å². The summed E-state index contributed by atoms with van der Waals surface area (Å²) in [6.45, 7) is 9.30. The summed E-state index contributed by atoms with van der Waals surface area (Å²) in [6.07, 6.45) is 0.704. The lowest BCUT2D eigenvalue weighted by Crippen LogP contribution is -2.18. The molecule has 0 aliphatic heterocycles. The Morgan fingerprint density at radius 3 is 1.93 bits per heavy atom. The molecule has 2 aromatic carbocycles. The van der Waals surface area contributed by atoms with E-state index in [-0.39, 0.29) is 44.7 Å². The van der Waals surface area contributed by atoms with Gasteiger partial charge in [0, 0.05) is 18.2 Å². The number of aromatic carboxylic acids is 1. The Labute approximate surface area is 274 Å². The first-order chi connectivity index (χ1) is 19.8. The first-order valence-corrected chi connectivity index (χ1v) is 14.5. The van der Waals surface area contributed by atoms with Crippen molar-refractivity contribution < 1.29 is 24.9 Å². The van der Waals surface area contributed by atoms with E-state index in [1.807, 2.05) is 40.7 Å². The van der Waals surface area contributed by atoms with E-state index in [2.05, 4.69) is 42.2 Å². The molecular weight excluding hydrogens is 737 g/mol. The molecule has 0 fully saturated rings. The number of phenolic OH excluding ortho intramolecular Hbond substituents is 1. The van der Waals surface area contributed by atoms with Gasteiger partial charge >= 0.3 is 5.97 Å². The van der Waals surface area contributed by atoms with Crippen molar-refractivity contribution in [3.63, 3.8) is 0 Å². The summed E-state index contributed by atoms with van der Waals surface area (Å²) < 4.78 is 1.03. The Morgan fingerprint density at radius 1 is 1.09 bits per heavy atom.